The van der Waals surface area contributed by atoms with E-state index in [0.29, 0.717) is 30.5 Å². The van der Waals surface area contributed by atoms with Gasteiger partial charge in [-0.3, -0.25) is 15.2 Å². The van der Waals surface area contributed by atoms with Crippen LogP contribution in [0.1, 0.15) is 29.9 Å². The highest BCUT2D eigenvalue weighted by molar-refractivity contribution is 5.63. The average Bonchev–Trinajstić information content (AvgIpc) is 3.33. The Hall–Kier alpha value is -5.24. The van der Waals surface area contributed by atoms with Crippen molar-refractivity contribution in [1.29, 1.82) is 5.41 Å². The maximum absolute atomic E-state index is 12.6. The number of rotatable bonds is 11. The molecule has 0 amide bonds. The molecule has 0 saturated heterocycles. The van der Waals surface area contributed by atoms with Gasteiger partial charge in [0.1, 0.15) is 18.5 Å². The lowest BCUT2D eigenvalue weighted by Crippen LogP contribution is -2.21. The first-order valence-electron chi connectivity index (χ1n) is 12.2. The van der Waals surface area contributed by atoms with Gasteiger partial charge in [-0.05, 0) is 55.1 Å². The summed E-state index contributed by atoms with van der Waals surface area (Å²) >= 11 is 0. The van der Waals surface area contributed by atoms with Crippen molar-refractivity contribution in [2.45, 2.75) is 19.9 Å². The number of benzene rings is 2. The standard InChI is InChI=1S/C24H30N6O4.C2H4O2.CH4N2/c1-16-6-9-18(10-7-16)27-22(23-28-24(31)30(29-23)21(26)5-4-12-25)17-8-11-19(20(15-17)33-3)34-14-13-32-2;1-2(3)4;2-1-3/h4-12,15,22,27H,13-14,25-26H2,1-3H3,(H,28,29,31);1H3,(H,3,4);1H,(H3,2,3)/b12-4-,21-5+;;. The van der Waals surface area contributed by atoms with Gasteiger partial charge in [0, 0.05) is 19.7 Å². The van der Waals surface area contributed by atoms with E-state index in [9.17, 15) is 4.79 Å². The lowest BCUT2D eigenvalue weighted by molar-refractivity contribution is -0.134. The summed E-state index contributed by atoms with van der Waals surface area (Å²) < 4.78 is 17.4. The summed E-state index contributed by atoms with van der Waals surface area (Å²) in [5.74, 6) is 0.784. The molecular weight excluding hydrogens is 532 g/mol. The molecule has 1 unspecified atom stereocenters. The van der Waals surface area contributed by atoms with Crippen LogP contribution in [0, 0.1) is 12.3 Å². The van der Waals surface area contributed by atoms with E-state index < -0.39 is 17.7 Å². The van der Waals surface area contributed by atoms with Crippen molar-refractivity contribution < 1.29 is 24.1 Å². The number of nitrogens with one attached hydrogen (secondary N) is 3. The number of nitrogens with zero attached hydrogens (tertiary/aromatic N) is 2. The zero-order valence-corrected chi connectivity index (χ0v) is 23.5. The second-order valence-electron chi connectivity index (χ2n) is 8.08. The van der Waals surface area contributed by atoms with Crippen molar-refractivity contribution in [3.63, 3.8) is 0 Å². The van der Waals surface area contributed by atoms with E-state index in [1.54, 1.807) is 14.2 Å². The fourth-order valence-corrected chi connectivity index (χ4v) is 3.21. The molecule has 1 heterocycles. The molecule has 14 nitrogen and oxygen atoms in total. The topological polar surface area (TPSA) is 230 Å². The predicted molar refractivity (Wildman–Crippen MR) is 158 cm³/mol. The van der Waals surface area contributed by atoms with Crippen LogP contribution >= 0.6 is 0 Å². The van der Waals surface area contributed by atoms with Crippen LogP contribution in [0.15, 0.2) is 65.6 Å². The number of aromatic amines is 1. The molecular formula is C27H38N8O6. The van der Waals surface area contributed by atoms with Gasteiger partial charge < -0.3 is 41.8 Å². The highest BCUT2D eigenvalue weighted by Crippen LogP contribution is 2.33. The fraction of sp³-hybridized carbons (Fsp3) is 0.259. The molecule has 14 heteroatoms. The number of aromatic nitrogens is 3. The normalized spacial score (nSPS) is 11.4. The second-order valence-corrected chi connectivity index (χ2v) is 8.08. The summed E-state index contributed by atoms with van der Waals surface area (Å²) in [6, 6.07) is 12.9. The maximum Gasteiger partial charge on any atom is 0.349 e. The van der Waals surface area contributed by atoms with E-state index in [4.69, 9.17) is 41.0 Å². The molecule has 1 aromatic heterocycles. The van der Waals surface area contributed by atoms with Gasteiger partial charge in [-0.1, -0.05) is 23.8 Å². The summed E-state index contributed by atoms with van der Waals surface area (Å²) in [6.07, 6.45) is 5.07. The van der Waals surface area contributed by atoms with Gasteiger partial charge >= 0.3 is 5.69 Å². The van der Waals surface area contributed by atoms with Gasteiger partial charge in [0.05, 0.1) is 20.1 Å². The van der Waals surface area contributed by atoms with Crippen molar-refractivity contribution in [1.82, 2.24) is 14.8 Å². The fourth-order valence-electron chi connectivity index (χ4n) is 3.21. The first-order valence-corrected chi connectivity index (χ1v) is 12.2. The minimum Gasteiger partial charge on any atom is -0.493 e. The van der Waals surface area contributed by atoms with Gasteiger partial charge in [0.15, 0.2) is 17.3 Å². The predicted octanol–water partition coefficient (Wildman–Crippen LogP) is 1.99. The van der Waals surface area contributed by atoms with Crippen LogP contribution in [0.4, 0.5) is 5.69 Å². The van der Waals surface area contributed by atoms with Gasteiger partial charge in [-0.15, -0.1) is 5.10 Å². The first-order chi connectivity index (χ1) is 19.6. The van der Waals surface area contributed by atoms with Crippen LogP contribution in [0.3, 0.4) is 0 Å². The quantitative estimate of drug-likeness (QED) is 0.0762. The number of methoxy groups -OCH3 is 2. The zero-order chi connectivity index (χ0) is 30.8. The van der Waals surface area contributed by atoms with E-state index >= 15 is 0 Å². The number of anilines is 1. The van der Waals surface area contributed by atoms with Crippen molar-refractivity contribution in [3.05, 3.63) is 88.3 Å². The molecule has 0 bridgehead atoms. The summed E-state index contributed by atoms with van der Waals surface area (Å²) in [5.41, 5.74) is 18.0. The Labute approximate surface area is 237 Å². The van der Waals surface area contributed by atoms with Crippen LogP contribution < -0.4 is 37.7 Å². The molecule has 222 valence electrons. The van der Waals surface area contributed by atoms with Crippen LogP contribution in [0.25, 0.3) is 5.82 Å². The minimum atomic E-state index is -0.833. The molecule has 41 heavy (non-hydrogen) atoms. The highest BCUT2D eigenvalue weighted by Gasteiger charge is 2.22. The molecule has 3 aromatic rings. The SMILES string of the molecule is CC(=O)O.COCCOc1ccc(C(Nc2ccc(C)cc2)c2nn(/C(N)=C/C=C\N)c(=O)[nH]2)cc1OC.N=CN. The lowest BCUT2D eigenvalue weighted by Gasteiger charge is -2.20. The Morgan fingerprint density at radius 3 is 2.37 bits per heavy atom. The van der Waals surface area contributed by atoms with Crippen LogP contribution in [0.5, 0.6) is 11.5 Å². The third kappa shape index (κ3) is 11.6. The number of allylic oxidation sites excluding steroid dienone is 2. The maximum atomic E-state index is 12.6. The van der Waals surface area contributed by atoms with Crippen LogP contribution in [0.2, 0.25) is 0 Å². The van der Waals surface area contributed by atoms with Gasteiger partial charge in [0.25, 0.3) is 5.97 Å². The number of carboxylic acid groups (broad SMARTS) is 1. The Morgan fingerprint density at radius 2 is 1.80 bits per heavy atom. The number of ether oxygens (including phenoxy) is 3. The smallest absolute Gasteiger partial charge is 0.349 e. The zero-order valence-electron chi connectivity index (χ0n) is 23.5. The van der Waals surface area contributed by atoms with Crippen LogP contribution in [-0.4, -0.2) is 59.6 Å². The number of hydrogen-bond acceptors (Lipinski definition) is 10. The molecule has 2 aromatic carbocycles. The monoisotopic (exact) mass is 570 g/mol. The molecule has 0 saturated carbocycles. The number of nitrogens with two attached hydrogens (primary N) is 3. The molecule has 10 N–H and O–H groups in total. The lowest BCUT2D eigenvalue weighted by atomic mass is 10.0. The third-order valence-electron chi connectivity index (χ3n) is 4.96. The Kier molecular flexibility index (Phi) is 14.9. The van der Waals surface area contributed by atoms with E-state index in [1.165, 1.54) is 18.4 Å². The summed E-state index contributed by atoms with van der Waals surface area (Å²) in [7, 11) is 3.18. The number of carbonyl (C=O) groups is 1. The van der Waals surface area contributed by atoms with Gasteiger partial charge in [0.2, 0.25) is 0 Å². The van der Waals surface area contributed by atoms with E-state index in [-0.39, 0.29) is 5.82 Å². The molecule has 1 atom stereocenters. The van der Waals surface area contributed by atoms with Crippen molar-refractivity contribution in [2.24, 2.45) is 17.2 Å². The third-order valence-corrected chi connectivity index (χ3v) is 4.96. The van der Waals surface area contributed by atoms with E-state index in [0.717, 1.165) is 34.8 Å². The molecule has 3 rings (SSSR count). The summed E-state index contributed by atoms with van der Waals surface area (Å²) in [4.78, 5) is 24.4. The molecule has 0 aliphatic heterocycles. The Balaban J connectivity index is 0.00000108. The molecule has 0 aliphatic carbocycles. The Morgan fingerprint density at radius 1 is 1.17 bits per heavy atom. The number of aliphatic carboxylic acids is 1. The number of H-pyrrole nitrogens is 1. The molecule has 0 fully saturated rings. The number of hydrogen-bond donors (Lipinski definition) is 7. The van der Waals surface area contributed by atoms with Crippen molar-refractivity contribution in [2.75, 3.05) is 32.8 Å². The highest BCUT2D eigenvalue weighted by atomic mass is 16.5. The minimum absolute atomic E-state index is 0.128. The summed E-state index contributed by atoms with van der Waals surface area (Å²) in [6.45, 7) is 3.94. The van der Waals surface area contributed by atoms with Crippen molar-refractivity contribution >= 4 is 23.8 Å². The van der Waals surface area contributed by atoms with Crippen molar-refractivity contribution in [3.8, 4) is 11.5 Å². The van der Waals surface area contributed by atoms with Gasteiger partial charge in [-0.25, -0.2) is 4.79 Å². The molecule has 0 aliphatic rings. The Bertz CT molecular complexity index is 1340. The van der Waals surface area contributed by atoms with Crippen LogP contribution in [-0.2, 0) is 9.53 Å². The average molecular weight is 571 g/mol. The second kappa shape index (κ2) is 18.1. The molecule has 0 radical (unpaired) electrons. The number of carboxylic acids is 1. The number of aryl methyl sites for hydroxylation is 1. The first kappa shape index (κ1) is 33.8. The summed E-state index contributed by atoms with van der Waals surface area (Å²) in [5, 5.41) is 21.1. The largest absolute Gasteiger partial charge is 0.493 e. The van der Waals surface area contributed by atoms with E-state index in [2.05, 4.69) is 21.1 Å². The molecule has 0 spiro atoms. The van der Waals surface area contributed by atoms with E-state index in [1.807, 2.05) is 49.4 Å². The van der Waals surface area contributed by atoms with Gasteiger partial charge in [-0.2, -0.15) is 4.68 Å².